The van der Waals surface area contributed by atoms with Crippen LogP contribution in [0.2, 0.25) is 0 Å². The Hall–Kier alpha value is -3.58. The Balaban J connectivity index is 1.66. The van der Waals surface area contributed by atoms with Gasteiger partial charge in [-0.1, -0.05) is 6.07 Å². The van der Waals surface area contributed by atoms with Crippen LogP contribution < -0.4 is 19.8 Å². The van der Waals surface area contributed by atoms with Gasteiger partial charge >= 0.3 is 11.6 Å². The Kier molecular flexibility index (Phi) is 5.54. The molecule has 0 radical (unpaired) electrons. The maximum absolute atomic E-state index is 12.7. The van der Waals surface area contributed by atoms with Crippen molar-refractivity contribution >= 4 is 28.3 Å². The molecule has 4 aromatic rings. The molecule has 6 nitrogen and oxygen atoms in total. The average molecular weight is 422 g/mol. The van der Waals surface area contributed by atoms with E-state index in [9.17, 15) is 9.59 Å². The number of benzene rings is 2. The molecule has 30 heavy (non-hydrogen) atoms. The van der Waals surface area contributed by atoms with Gasteiger partial charge < -0.3 is 18.6 Å². The molecule has 0 N–H and O–H groups in total. The number of hydrogen-bond acceptors (Lipinski definition) is 7. The molecule has 7 heteroatoms. The van der Waals surface area contributed by atoms with Crippen LogP contribution in [0.1, 0.15) is 4.88 Å². The number of carbonyl (C=O) groups is 1. The highest BCUT2D eigenvalue weighted by molar-refractivity contribution is 7.10. The van der Waals surface area contributed by atoms with Crippen molar-refractivity contribution in [2.24, 2.45) is 0 Å². The van der Waals surface area contributed by atoms with Crippen molar-refractivity contribution in [2.75, 3.05) is 14.2 Å². The van der Waals surface area contributed by atoms with Gasteiger partial charge in [0.25, 0.3) is 0 Å². The molecule has 152 valence electrons. The molecule has 0 fully saturated rings. The predicted molar refractivity (Wildman–Crippen MR) is 115 cm³/mol. The third-order valence-electron chi connectivity index (χ3n) is 4.53. The number of carbonyl (C=O) groups excluding carboxylic acids is 1. The van der Waals surface area contributed by atoms with E-state index in [0.29, 0.717) is 39.3 Å². The summed E-state index contributed by atoms with van der Waals surface area (Å²) in [6.07, 6.45) is 0.189. The van der Waals surface area contributed by atoms with Crippen LogP contribution in [0.4, 0.5) is 0 Å². The lowest BCUT2D eigenvalue weighted by Crippen LogP contribution is -2.10. The van der Waals surface area contributed by atoms with E-state index in [1.165, 1.54) is 24.5 Å². The van der Waals surface area contributed by atoms with E-state index < -0.39 is 5.63 Å². The zero-order valence-electron chi connectivity index (χ0n) is 16.3. The van der Waals surface area contributed by atoms with Crippen molar-refractivity contribution in [1.29, 1.82) is 0 Å². The largest absolute Gasteiger partial charge is 0.497 e. The summed E-state index contributed by atoms with van der Waals surface area (Å²) >= 11 is 1.49. The average Bonchev–Trinajstić information content (AvgIpc) is 3.25. The van der Waals surface area contributed by atoms with E-state index in [0.717, 1.165) is 4.88 Å². The van der Waals surface area contributed by atoms with Crippen molar-refractivity contribution in [3.05, 3.63) is 75.3 Å². The van der Waals surface area contributed by atoms with E-state index >= 15 is 0 Å². The summed E-state index contributed by atoms with van der Waals surface area (Å²) in [4.78, 5) is 25.7. The summed E-state index contributed by atoms with van der Waals surface area (Å²) in [5.41, 5.74) is 0.711. The molecule has 0 atom stereocenters. The monoisotopic (exact) mass is 422 g/mol. The summed E-state index contributed by atoms with van der Waals surface area (Å²) in [6.45, 7) is 0. The Labute approximate surface area is 176 Å². The number of ether oxygens (including phenoxy) is 3. The van der Waals surface area contributed by atoms with Crippen molar-refractivity contribution in [3.8, 4) is 28.4 Å². The molecule has 0 aliphatic rings. The fourth-order valence-electron chi connectivity index (χ4n) is 3.09. The quantitative estimate of drug-likeness (QED) is 0.255. The van der Waals surface area contributed by atoms with E-state index in [1.54, 1.807) is 43.5 Å². The highest BCUT2D eigenvalue weighted by Crippen LogP contribution is 2.33. The van der Waals surface area contributed by atoms with Crippen molar-refractivity contribution < 1.29 is 23.4 Å². The first-order valence-electron chi connectivity index (χ1n) is 9.11. The van der Waals surface area contributed by atoms with Crippen LogP contribution in [0.25, 0.3) is 22.1 Å². The number of esters is 1. The zero-order chi connectivity index (χ0) is 21.1. The van der Waals surface area contributed by atoms with E-state index in [2.05, 4.69) is 0 Å². The summed E-state index contributed by atoms with van der Waals surface area (Å²) in [7, 11) is 3.08. The Morgan fingerprint density at radius 1 is 0.967 bits per heavy atom. The van der Waals surface area contributed by atoms with Crippen LogP contribution >= 0.6 is 11.3 Å². The zero-order valence-corrected chi connectivity index (χ0v) is 17.2. The van der Waals surface area contributed by atoms with Gasteiger partial charge in [-0.15, -0.1) is 11.3 Å². The molecule has 0 spiro atoms. The van der Waals surface area contributed by atoms with Gasteiger partial charge in [0.05, 0.1) is 26.2 Å². The lowest BCUT2D eigenvalue weighted by Gasteiger charge is -2.10. The molecule has 0 bridgehead atoms. The van der Waals surface area contributed by atoms with Crippen LogP contribution in [-0.4, -0.2) is 20.2 Å². The molecule has 4 rings (SSSR count). The molecule has 2 heterocycles. The Bertz CT molecular complexity index is 1260. The molecule has 2 aromatic carbocycles. The van der Waals surface area contributed by atoms with Crippen LogP contribution in [0, 0.1) is 0 Å². The van der Waals surface area contributed by atoms with Gasteiger partial charge in [-0.05, 0) is 47.8 Å². The molecule has 0 saturated carbocycles. The summed E-state index contributed by atoms with van der Waals surface area (Å²) in [5, 5.41) is 2.59. The maximum Gasteiger partial charge on any atom is 0.344 e. The maximum atomic E-state index is 12.7. The van der Waals surface area contributed by atoms with E-state index in [4.69, 9.17) is 18.6 Å². The Morgan fingerprint density at radius 3 is 2.53 bits per heavy atom. The number of hydrogen-bond donors (Lipinski definition) is 0. The highest BCUT2D eigenvalue weighted by atomic mass is 32.1. The summed E-state index contributed by atoms with van der Waals surface area (Å²) < 4.78 is 21.5. The summed E-state index contributed by atoms with van der Waals surface area (Å²) in [6, 6.07) is 15.6. The second-order valence-electron chi connectivity index (χ2n) is 6.44. The second kappa shape index (κ2) is 8.42. The molecule has 2 aromatic heterocycles. The normalized spacial score (nSPS) is 10.7. The van der Waals surface area contributed by atoms with Crippen LogP contribution in [0.5, 0.6) is 17.2 Å². The van der Waals surface area contributed by atoms with Gasteiger partial charge in [0.15, 0.2) is 0 Å². The fourth-order valence-corrected chi connectivity index (χ4v) is 3.78. The third-order valence-corrected chi connectivity index (χ3v) is 5.41. The predicted octanol–water partition coefficient (Wildman–Crippen LogP) is 4.69. The highest BCUT2D eigenvalue weighted by Gasteiger charge is 2.15. The fraction of sp³-hybridized carbons (Fsp3) is 0.130. The SMILES string of the molecule is COc1ccc(OC)c(-c2cc3ccc(OC(=O)Cc4cccs4)cc3oc2=O)c1. The minimum atomic E-state index is -0.531. The number of thiophene rings is 1. The number of fused-ring (bicyclic) bond motifs is 1. The third kappa shape index (κ3) is 4.06. The topological polar surface area (TPSA) is 75.0 Å². The smallest absolute Gasteiger partial charge is 0.344 e. The number of rotatable bonds is 6. The minimum Gasteiger partial charge on any atom is -0.497 e. The van der Waals surface area contributed by atoms with Crippen molar-refractivity contribution in [1.82, 2.24) is 0 Å². The molecular weight excluding hydrogens is 404 g/mol. The van der Waals surface area contributed by atoms with E-state index in [1.807, 2.05) is 17.5 Å². The first-order chi connectivity index (χ1) is 14.6. The number of methoxy groups -OCH3 is 2. The summed E-state index contributed by atoms with van der Waals surface area (Å²) in [5.74, 6) is 1.07. The lowest BCUT2D eigenvalue weighted by molar-refractivity contribution is -0.133. The van der Waals surface area contributed by atoms with Crippen molar-refractivity contribution in [2.45, 2.75) is 6.42 Å². The minimum absolute atomic E-state index is 0.189. The van der Waals surface area contributed by atoms with Gasteiger partial charge in [-0.2, -0.15) is 0 Å². The standard InChI is InChI=1S/C23H18O6S/c1-26-15-7-8-20(27-2)18(11-15)19-10-14-5-6-16(12-21(14)29-23(19)25)28-22(24)13-17-4-3-9-30-17/h3-12H,13H2,1-2H3. The first kappa shape index (κ1) is 19.7. The van der Waals surface area contributed by atoms with Gasteiger partial charge in [0.2, 0.25) is 0 Å². The van der Waals surface area contributed by atoms with Crippen LogP contribution in [0.3, 0.4) is 0 Å². The lowest BCUT2D eigenvalue weighted by atomic mass is 10.0. The van der Waals surface area contributed by atoms with Crippen molar-refractivity contribution in [3.63, 3.8) is 0 Å². The molecule has 0 aliphatic heterocycles. The molecule has 0 amide bonds. The van der Waals surface area contributed by atoms with Gasteiger partial charge in [-0.3, -0.25) is 4.79 Å². The molecule has 0 aliphatic carbocycles. The Morgan fingerprint density at radius 2 is 1.80 bits per heavy atom. The van der Waals surface area contributed by atoms with Crippen LogP contribution in [-0.2, 0) is 11.2 Å². The van der Waals surface area contributed by atoms with Crippen LogP contribution in [0.15, 0.2) is 69.2 Å². The van der Waals surface area contributed by atoms with Gasteiger partial charge in [-0.25, -0.2) is 4.79 Å². The molecule has 0 unspecified atom stereocenters. The molecule has 0 saturated heterocycles. The molecular formula is C23H18O6S. The van der Waals surface area contributed by atoms with Gasteiger partial charge in [0, 0.05) is 21.9 Å². The first-order valence-corrected chi connectivity index (χ1v) is 9.98. The van der Waals surface area contributed by atoms with Gasteiger partial charge in [0.1, 0.15) is 22.8 Å². The van der Waals surface area contributed by atoms with E-state index in [-0.39, 0.29) is 12.4 Å². The second-order valence-corrected chi connectivity index (χ2v) is 7.48.